The second-order valence-electron chi connectivity index (χ2n) is 7.07. The van der Waals surface area contributed by atoms with Crippen LogP contribution in [0.15, 0.2) is 36.4 Å². The molecule has 0 bridgehead atoms. The van der Waals surface area contributed by atoms with E-state index >= 15 is 0 Å². The molecule has 9 heteroatoms. The van der Waals surface area contributed by atoms with Crippen molar-refractivity contribution in [1.82, 2.24) is 9.88 Å². The highest BCUT2D eigenvalue weighted by molar-refractivity contribution is 7.22. The Bertz CT molecular complexity index is 1010. The Morgan fingerprint density at radius 3 is 2.29 bits per heavy atom. The van der Waals surface area contributed by atoms with Crippen molar-refractivity contribution in [3.8, 4) is 17.2 Å². The van der Waals surface area contributed by atoms with Crippen LogP contribution in [-0.2, 0) is 4.79 Å². The zero-order valence-electron chi connectivity index (χ0n) is 18.4. The fourth-order valence-corrected chi connectivity index (χ4v) is 4.00. The predicted molar refractivity (Wildman–Crippen MR) is 128 cm³/mol. The van der Waals surface area contributed by atoms with Crippen molar-refractivity contribution in [3.63, 3.8) is 0 Å². The molecule has 0 aliphatic heterocycles. The van der Waals surface area contributed by atoms with Gasteiger partial charge in [0.25, 0.3) is 5.91 Å². The minimum absolute atomic E-state index is 0. The van der Waals surface area contributed by atoms with Crippen LogP contribution < -0.4 is 19.1 Å². The van der Waals surface area contributed by atoms with E-state index in [9.17, 15) is 4.79 Å². The molecule has 3 aromatic rings. The lowest BCUT2D eigenvalue weighted by Crippen LogP contribution is -2.39. The lowest BCUT2D eigenvalue weighted by molar-refractivity contribution is -0.120. The lowest BCUT2D eigenvalue weighted by atomic mass is 10.2. The molecule has 1 heterocycles. The summed E-state index contributed by atoms with van der Waals surface area (Å²) in [5.74, 6) is 1.90. The number of benzene rings is 2. The third kappa shape index (κ3) is 6.00. The summed E-state index contributed by atoms with van der Waals surface area (Å²) >= 11 is 1.49. The van der Waals surface area contributed by atoms with Crippen LogP contribution in [0.5, 0.6) is 17.2 Å². The number of aromatic nitrogens is 1. The van der Waals surface area contributed by atoms with Gasteiger partial charge in [-0.15, -0.1) is 12.4 Å². The standard InChI is InChI=1S/C22H27N3O4S.ClH/c1-15-6-11-18(28-5)20-21(15)30-22(23-20)25(13-12-24(2)3)19(26)14-29-17-9-7-16(27-4)8-10-17;/h6-11H,12-14H2,1-5H3;1H. The summed E-state index contributed by atoms with van der Waals surface area (Å²) in [5.41, 5.74) is 1.88. The Kier molecular flexibility index (Phi) is 8.91. The summed E-state index contributed by atoms with van der Waals surface area (Å²) < 4.78 is 17.3. The van der Waals surface area contributed by atoms with Crippen LogP contribution in [0.3, 0.4) is 0 Å². The first-order chi connectivity index (χ1) is 14.4. The highest BCUT2D eigenvalue weighted by Crippen LogP contribution is 2.36. The first-order valence-electron chi connectivity index (χ1n) is 9.59. The van der Waals surface area contributed by atoms with Gasteiger partial charge in [-0.05, 0) is 56.9 Å². The molecular formula is C22H28ClN3O4S. The van der Waals surface area contributed by atoms with Gasteiger partial charge in [0, 0.05) is 13.1 Å². The second-order valence-corrected chi connectivity index (χ2v) is 8.05. The van der Waals surface area contributed by atoms with Gasteiger partial charge in [-0.2, -0.15) is 0 Å². The molecule has 2 aromatic carbocycles. The minimum atomic E-state index is -0.150. The average Bonchev–Trinajstić information content (AvgIpc) is 3.19. The van der Waals surface area contributed by atoms with E-state index in [1.165, 1.54) is 11.3 Å². The monoisotopic (exact) mass is 465 g/mol. The topological polar surface area (TPSA) is 64.1 Å². The Morgan fingerprint density at radius 1 is 1.00 bits per heavy atom. The maximum absolute atomic E-state index is 13.1. The summed E-state index contributed by atoms with van der Waals surface area (Å²) in [6.07, 6.45) is 0. The molecule has 0 saturated carbocycles. The summed E-state index contributed by atoms with van der Waals surface area (Å²) in [7, 11) is 7.18. The highest BCUT2D eigenvalue weighted by atomic mass is 35.5. The summed E-state index contributed by atoms with van der Waals surface area (Å²) in [6.45, 7) is 3.17. The molecule has 0 aliphatic rings. The molecule has 168 valence electrons. The Balaban J connectivity index is 0.00000341. The van der Waals surface area contributed by atoms with E-state index in [-0.39, 0.29) is 24.9 Å². The van der Waals surface area contributed by atoms with E-state index < -0.39 is 0 Å². The molecule has 7 nitrogen and oxygen atoms in total. The average molecular weight is 466 g/mol. The molecule has 0 aliphatic carbocycles. The van der Waals surface area contributed by atoms with E-state index in [0.29, 0.717) is 29.7 Å². The number of anilines is 1. The fraction of sp³-hybridized carbons (Fsp3) is 0.364. The molecule has 0 spiro atoms. The van der Waals surface area contributed by atoms with E-state index in [4.69, 9.17) is 19.2 Å². The van der Waals surface area contributed by atoms with Crippen molar-refractivity contribution >= 4 is 45.0 Å². The Labute approximate surface area is 192 Å². The van der Waals surface area contributed by atoms with Crippen molar-refractivity contribution < 1.29 is 19.0 Å². The zero-order chi connectivity index (χ0) is 21.7. The Morgan fingerprint density at radius 2 is 1.68 bits per heavy atom. The molecule has 31 heavy (non-hydrogen) atoms. The van der Waals surface area contributed by atoms with E-state index in [1.54, 1.807) is 43.4 Å². The van der Waals surface area contributed by atoms with Crippen LogP contribution in [0.25, 0.3) is 10.2 Å². The number of hydrogen-bond acceptors (Lipinski definition) is 7. The first kappa shape index (κ1) is 24.7. The van der Waals surface area contributed by atoms with Gasteiger partial charge in [0.1, 0.15) is 22.8 Å². The highest BCUT2D eigenvalue weighted by Gasteiger charge is 2.22. The number of carbonyl (C=O) groups is 1. The second kappa shape index (κ2) is 11.2. The number of methoxy groups -OCH3 is 2. The van der Waals surface area contributed by atoms with Crippen LogP contribution in [0.2, 0.25) is 0 Å². The molecule has 0 fully saturated rings. The molecule has 0 unspecified atom stereocenters. The van der Waals surface area contributed by atoms with Crippen LogP contribution in [0.4, 0.5) is 5.13 Å². The quantitative estimate of drug-likeness (QED) is 0.475. The van der Waals surface area contributed by atoms with Crippen molar-refractivity contribution in [2.75, 3.05) is 52.9 Å². The first-order valence-corrected chi connectivity index (χ1v) is 10.4. The number of fused-ring (bicyclic) bond motifs is 1. The molecule has 1 amide bonds. The van der Waals surface area contributed by atoms with Crippen molar-refractivity contribution in [2.45, 2.75) is 6.92 Å². The number of likely N-dealkylation sites (N-methyl/N-ethyl adjacent to an activating group) is 1. The molecule has 0 saturated heterocycles. The molecule has 0 radical (unpaired) electrons. The largest absolute Gasteiger partial charge is 0.497 e. The van der Waals surface area contributed by atoms with Gasteiger partial charge in [0.2, 0.25) is 0 Å². The number of rotatable bonds is 9. The smallest absolute Gasteiger partial charge is 0.266 e. The number of halogens is 1. The molecule has 1 aromatic heterocycles. The number of aryl methyl sites for hydroxylation is 1. The zero-order valence-corrected chi connectivity index (χ0v) is 20.0. The van der Waals surface area contributed by atoms with Crippen molar-refractivity contribution in [2.24, 2.45) is 0 Å². The summed E-state index contributed by atoms with van der Waals surface area (Å²) in [5, 5.41) is 0.641. The molecular weight excluding hydrogens is 438 g/mol. The molecule has 3 rings (SSSR count). The SMILES string of the molecule is COc1ccc(OCC(=O)N(CCN(C)C)c2nc3c(OC)ccc(C)c3s2)cc1.Cl. The molecule has 0 atom stereocenters. The third-order valence-electron chi connectivity index (χ3n) is 4.64. The number of carbonyl (C=O) groups excluding carboxylic acids is 1. The number of thiazole rings is 1. The van der Waals surface area contributed by atoms with Crippen LogP contribution in [0.1, 0.15) is 5.56 Å². The normalized spacial score (nSPS) is 10.6. The summed E-state index contributed by atoms with van der Waals surface area (Å²) in [4.78, 5) is 21.5. The van der Waals surface area contributed by atoms with Gasteiger partial charge in [0.15, 0.2) is 11.7 Å². The van der Waals surface area contributed by atoms with Gasteiger partial charge in [0.05, 0.1) is 18.9 Å². The predicted octanol–water partition coefficient (Wildman–Crippen LogP) is 4.02. The van der Waals surface area contributed by atoms with E-state index in [1.807, 2.05) is 38.1 Å². The maximum atomic E-state index is 13.1. The van der Waals surface area contributed by atoms with Gasteiger partial charge in [-0.25, -0.2) is 4.98 Å². The van der Waals surface area contributed by atoms with Crippen molar-refractivity contribution in [3.05, 3.63) is 42.0 Å². The summed E-state index contributed by atoms with van der Waals surface area (Å²) in [6, 6.07) is 11.1. The van der Waals surface area contributed by atoms with Crippen LogP contribution in [0, 0.1) is 6.92 Å². The lowest BCUT2D eigenvalue weighted by Gasteiger charge is -2.22. The van der Waals surface area contributed by atoms with Crippen molar-refractivity contribution in [1.29, 1.82) is 0 Å². The van der Waals surface area contributed by atoms with Gasteiger partial charge in [-0.3, -0.25) is 9.69 Å². The van der Waals surface area contributed by atoms with Gasteiger partial charge >= 0.3 is 0 Å². The number of amides is 1. The fourth-order valence-electron chi connectivity index (χ4n) is 2.90. The van der Waals surface area contributed by atoms with Crippen LogP contribution in [-0.4, -0.2) is 63.8 Å². The number of hydrogen-bond donors (Lipinski definition) is 0. The van der Waals surface area contributed by atoms with Gasteiger partial charge < -0.3 is 19.1 Å². The number of nitrogens with zero attached hydrogens (tertiary/aromatic N) is 3. The third-order valence-corrected chi connectivity index (χ3v) is 5.85. The van der Waals surface area contributed by atoms with Gasteiger partial charge in [-0.1, -0.05) is 17.4 Å². The number of ether oxygens (including phenoxy) is 3. The van der Waals surface area contributed by atoms with E-state index in [2.05, 4.69) is 0 Å². The Hall–Kier alpha value is -2.55. The maximum Gasteiger partial charge on any atom is 0.266 e. The minimum Gasteiger partial charge on any atom is -0.497 e. The molecule has 0 N–H and O–H groups in total. The van der Waals surface area contributed by atoms with Crippen LogP contribution >= 0.6 is 23.7 Å². The van der Waals surface area contributed by atoms with E-state index in [0.717, 1.165) is 21.5 Å².